The molecule has 2 N–H and O–H groups in total. The molecule has 3 aromatic rings. The van der Waals surface area contributed by atoms with Crippen LogP contribution in [0.2, 0.25) is 5.02 Å². The Hall–Kier alpha value is -2.50. The highest BCUT2D eigenvalue weighted by atomic mass is 35.5. The Balaban J connectivity index is 1.76. The fourth-order valence-electron chi connectivity index (χ4n) is 2.47. The van der Waals surface area contributed by atoms with Crippen LogP contribution in [-0.2, 0) is 6.61 Å². The average Bonchev–Trinajstić information content (AvgIpc) is 3.03. The molecule has 0 radical (unpaired) electrons. The average molecular weight is 343 g/mol. The molecule has 124 valence electrons. The van der Waals surface area contributed by atoms with Crippen LogP contribution < -0.4 is 15.6 Å². The quantitative estimate of drug-likeness (QED) is 0.567. The first-order valence-corrected chi connectivity index (χ1v) is 7.94. The van der Waals surface area contributed by atoms with E-state index in [0.29, 0.717) is 17.5 Å². The standard InChI is InChI=1S/C18H19ClN4O/c1-13-4-3-5-17(22(2)20)16(13)12-24-18-10-11-23(21-18)15-8-6-14(19)7-9-15/h3-11H,12,20H2,1-2H3. The maximum absolute atomic E-state index is 5.91. The van der Waals surface area contributed by atoms with Crippen molar-refractivity contribution in [3.8, 4) is 11.6 Å². The fourth-order valence-corrected chi connectivity index (χ4v) is 2.60. The van der Waals surface area contributed by atoms with E-state index < -0.39 is 0 Å². The molecule has 6 heteroatoms. The summed E-state index contributed by atoms with van der Waals surface area (Å²) < 4.78 is 7.60. The number of anilines is 1. The van der Waals surface area contributed by atoms with Crippen molar-refractivity contribution in [2.24, 2.45) is 5.84 Å². The lowest BCUT2D eigenvalue weighted by atomic mass is 10.1. The van der Waals surface area contributed by atoms with E-state index in [1.165, 1.54) is 0 Å². The summed E-state index contributed by atoms with van der Waals surface area (Å²) in [7, 11) is 1.81. The largest absolute Gasteiger partial charge is 0.472 e. The summed E-state index contributed by atoms with van der Waals surface area (Å²) >= 11 is 5.91. The van der Waals surface area contributed by atoms with Gasteiger partial charge in [0.1, 0.15) is 6.61 Å². The van der Waals surface area contributed by atoms with E-state index in [0.717, 1.165) is 22.5 Å². The number of hydrogen-bond donors (Lipinski definition) is 1. The molecule has 0 saturated carbocycles. The molecule has 1 heterocycles. The molecule has 0 saturated heterocycles. The number of aryl methyl sites for hydroxylation is 1. The monoisotopic (exact) mass is 342 g/mol. The molecule has 5 nitrogen and oxygen atoms in total. The molecule has 0 bridgehead atoms. The van der Waals surface area contributed by atoms with Gasteiger partial charge in [0.25, 0.3) is 0 Å². The molecule has 0 atom stereocenters. The molecular weight excluding hydrogens is 324 g/mol. The van der Waals surface area contributed by atoms with Crippen molar-refractivity contribution in [1.29, 1.82) is 0 Å². The molecule has 3 rings (SSSR count). The van der Waals surface area contributed by atoms with Gasteiger partial charge >= 0.3 is 0 Å². The van der Waals surface area contributed by atoms with Gasteiger partial charge in [-0.15, -0.1) is 5.10 Å². The number of hydrazine groups is 1. The Morgan fingerprint density at radius 2 is 1.92 bits per heavy atom. The number of ether oxygens (including phenoxy) is 1. The maximum Gasteiger partial charge on any atom is 0.233 e. The summed E-state index contributed by atoms with van der Waals surface area (Å²) in [5.41, 5.74) is 4.03. The minimum atomic E-state index is 0.404. The van der Waals surface area contributed by atoms with Gasteiger partial charge in [0.2, 0.25) is 5.88 Å². The second-order valence-corrected chi connectivity index (χ2v) is 5.98. The smallest absolute Gasteiger partial charge is 0.233 e. The van der Waals surface area contributed by atoms with Crippen LogP contribution in [-0.4, -0.2) is 16.8 Å². The Morgan fingerprint density at radius 1 is 1.17 bits per heavy atom. The highest BCUT2D eigenvalue weighted by molar-refractivity contribution is 6.30. The Bertz CT molecular complexity index is 827. The normalized spacial score (nSPS) is 10.7. The van der Waals surface area contributed by atoms with Gasteiger partial charge in [-0.1, -0.05) is 23.7 Å². The number of halogens is 1. The van der Waals surface area contributed by atoms with E-state index in [-0.39, 0.29) is 0 Å². The van der Waals surface area contributed by atoms with E-state index >= 15 is 0 Å². The van der Waals surface area contributed by atoms with Crippen LogP contribution in [0.5, 0.6) is 5.88 Å². The third kappa shape index (κ3) is 3.53. The minimum Gasteiger partial charge on any atom is -0.472 e. The lowest BCUT2D eigenvalue weighted by molar-refractivity contribution is 0.291. The summed E-state index contributed by atoms with van der Waals surface area (Å²) in [6, 6.07) is 15.3. The molecule has 1 aromatic heterocycles. The van der Waals surface area contributed by atoms with Gasteiger partial charge in [0.05, 0.1) is 11.4 Å². The number of benzene rings is 2. The van der Waals surface area contributed by atoms with Crippen molar-refractivity contribution >= 4 is 17.3 Å². The van der Waals surface area contributed by atoms with Gasteiger partial charge in [-0.05, 0) is 42.8 Å². The Morgan fingerprint density at radius 3 is 2.62 bits per heavy atom. The molecule has 0 aliphatic heterocycles. The second-order valence-electron chi connectivity index (χ2n) is 5.55. The zero-order chi connectivity index (χ0) is 17.1. The number of hydrogen-bond acceptors (Lipinski definition) is 4. The highest BCUT2D eigenvalue weighted by Crippen LogP contribution is 2.23. The van der Waals surface area contributed by atoms with Crippen molar-refractivity contribution in [1.82, 2.24) is 9.78 Å². The topological polar surface area (TPSA) is 56.3 Å². The van der Waals surface area contributed by atoms with Crippen LogP contribution >= 0.6 is 11.6 Å². The van der Waals surface area contributed by atoms with E-state index in [2.05, 4.69) is 5.10 Å². The van der Waals surface area contributed by atoms with Crippen molar-refractivity contribution in [3.63, 3.8) is 0 Å². The summed E-state index contributed by atoms with van der Waals surface area (Å²) in [5.74, 6) is 6.45. The number of nitrogens with zero attached hydrogens (tertiary/aromatic N) is 3. The minimum absolute atomic E-state index is 0.404. The molecule has 2 aromatic carbocycles. The zero-order valence-corrected chi connectivity index (χ0v) is 14.4. The van der Waals surface area contributed by atoms with Gasteiger partial charge in [0, 0.05) is 29.9 Å². The highest BCUT2D eigenvalue weighted by Gasteiger charge is 2.10. The van der Waals surface area contributed by atoms with Gasteiger partial charge < -0.3 is 9.75 Å². The first-order chi connectivity index (χ1) is 11.5. The SMILES string of the molecule is Cc1cccc(N(C)N)c1COc1ccn(-c2ccc(Cl)cc2)n1. The molecule has 0 fully saturated rings. The molecule has 0 aliphatic rings. The van der Waals surface area contributed by atoms with Crippen LogP contribution in [0.1, 0.15) is 11.1 Å². The number of nitrogens with two attached hydrogens (primary N) is 1. The van der Waals surface area contributed by atoms with E-state index in [9.17, 15) is 0 Å². The van der Waals surface area contributed by atoms with Gasteiger partial charge in [-0.25, -0.2) is 10.5 Å². The fraction of sp³-hybridized carbons (Fsp3) is 0.167. The van der Waals surface area contributed by atoms with Crippen molar-refractivity contribution in [2.75, 3.05) is 12.1 Å². The number of aromatic nitrogens is 2. The Labute approximate surface area is 146 Å². The zero-order valence-electron chi connectivity index (χ0n) is 13.6. The summed E-state index contributed by atoms with van der Waals surface area (Å²) in [6.45, 7) is 2.44. The second kappa shape index (κ2) is 6.95. The molecule has 0 amide bonds. The van der Waals surface area contributed by atoms with Crippen LogP contribution in [0.3, 0.4) is 0 Å². The van der Waals surface area contributed by atoms with E-state index in [1.54, 1.807) is 9.69 Å². The van der Waals surface area contributed by atoms with Crippen LogP contribution in [0.15, 0.2) is 54.7 Å². The van der Waals surface area contributed by atoms with Gasteiger partial charge in [-0.3, -0.25) is 0 Å². The molecule has 0 aliphatic carbocycles. The van der Waals surface area contributed by atoms with Crippen molar-refractivity contribution < 1.29 is 4.74 Å². The first kappa shape index (κ1) is 16.4. The maximum atomic E-state index is 5.91. The van der Waals surface area contributed by atoms with E-state index in [4.69, 9.17) is 22.2 Å². The predicted octanol–water partition coefficient (Wildman–Crippen LogP) is 3.72. The lowest BCUT2D eigenvalue weighted by Crippen LogP contribution is -2.26. The summed E-state index contributed by atoms with van der Waals surface area (Å²) in [5, 5.41) is 6.73. The molecule has 0 spiro atoms. The number of rotatable bonds is 5. The molecule has 24 heavy (non-hydrogen) atoms. The predicted molar refractivity (Wildman–Crippen MR) is 96.7 cm³/mol. The Kier molecular flexibility index (Phi) is 4.74. The van der Waals surface area contributed by atoms with Gasteiger partial charge in [-0.2, -0.15) is 0 Å². The molecule has 0 unspecified atom stereocenters. The van der Waals surface area contributed by atoms with Crippen LogP contribution in [0.4, 0.5) is 5.69 Å². The van der Waals surface area contributed by atoms with Crippen molar-refractivity contribution in [3.05, 3.63) is 70.9 Å². The first-order valence-electron chi connectivity index (χ1n) is 7.56. The third-order valence-electron chi connectivity index (χ3n) is 3.79. The van der Waals surface area contributed by atoms with Crippen LogP contribution in [0, 0.1) is 6.92 Å². The van der Waals surface area contributed by atoms with Crippen molar-refractivity contribution in [2.45, 2.75) is 13.5 Å². The summed E-state index contributed by atoms with van der Waals surface area (Å²) in [6.07, 6.45) is 1.85. The third-order valence-corrected chi connectivity index (χ3v) is 4.04. The lowest BCUT2D eigenvalue weighted by Gasteiger charge is -2.18. The van der Waals surface area contributed by atoms with Crippen LogP contribution in [0.25, 0.3) is 5.69 Å². The molecular formula is C18H19ClN4O. The summed E-state index contributed by atoms with van der Waals surface area (Å²) in [4.78, 5) is 0. The van der Waals surface area contributed by atoms with E-state index in [1.807, 2.05) is 68.7 Å². The van der Waals surface area contributed by atoms with Gasteiger partial charge in [0.15, 0.2) is 0 Å².